The van der Waals surface area contributed by atoms with Gasteiger partial charge in [-0.05, 0) is 68.8 Å². The molecule has 0 spiro atoms. The highest BCUT2D eigenvalue weighted by molar-refractivity contribution is 9.10. The molecule has 10 heteroatoms. The summed E-state index contributed by atoms with van der Waals surface area (Å²) < 4.78 is 15.8. The van der Waals surface area contributed by atoms with Crippen LogP contribution in [0.5, 0.6) is 5.75 Å². The number of hydrogen-bond acceptors (Lipinski definition) is 7. The Labute approximate surface area is 266 Å². The standard InChI is InChI=1S/C34H29BrN4O4S/c1-20(2)43-33(41)29-21(3)36-34-39(31(29)23-12-16-27(42-4)17-13-23)32(40)28(44-34)18-24-19-38(26-8-6-5-7-9-26)37-30(24)22-10-14-25(35)15-11-22/h5-20,31H,1-4H3/b28-18-/t31-/m0/s1. The van der Waals surface area contributed by atoms with Gasteiger partial charge in [-0.15, -0.1) is 0 Å². The number of methoxy groups -OCH3 is 1. The summed E-state index contributed by atoms with van der Waals surface area (Å²) in [4.78, 5) is 32.9. The number of allylic oxidation sites excluding steroid dienone is 1. The number of para-hydroxylation sites is 1. The SMILES string of the molecule is COc1ccc([C@H]2C(C(=O)OC(C)C)=C(C)N=c3s/c(=C\c4cn(-c5ccccc5)nc4-c4ccc(Br)cc4)c(=O)n32)cc1. The normalized spacial score (nSPS) is 14.9. The number of nitrogens with zero attached hydrogens (tertiary/aromatic N) is 4. The van der Waals surface area contributed by atoms with Crippen LogP contribution in [-0.2, 0) is 9.53 Å². The topological polar surface area (TPSA) is 87.7 Å². The first-order chi connectivity index (χ1) is 21.2. The minimum atomic E-state index is -0.719. The van der Waals surface area contributed by atoms with Crippen molar-refractivity contribution in [3.05, 3.63) is 132 Å². The van der Waals surface area contributed by atoms with Crippen LogP contribution in [0.3, 0.4) is 0 Å². The van der Waals surface area contributed by atoms with Crippen LogP contribution in [0.15, 0.2) is 111 Å². The Balaban J connectivity index is 1.55. The molecule has 0 saturated carbocycles. The second-order valence-electron chi connectivity index (χ2n) is 10.5. The summed E-state index contributed by atoms with van der Waals surface area (Å²) in [5.74, 6) is 0.169. The van der Waals surface area contributed by atoms with Crippen LogP contribution >= 0.6 is 27.3 Å². The lowest BCUT2D eigenvalue weighted by atomic mass is 9.96. The van der Waals surface area contributed by atoms with E-state index in [-0.39, 0.29) is 11.7 Å². The molecule has 3 aromatic carbocycles. The third-order valence-electron chi connectivity index (χ3n) is 7.18. The van der Waals surface area contributed by atoms with E-state index in [0.29, 0.717) is 26.4 Å². The van der Waals surface area contributed by atoms with E-state index in [1.807, 2.05) is 95.8 Å². The van der Waals surface area contributed by atoms with Crippen LogP contribution in [0.4, 0.5) is 0 Å². The summed E-state index contributed by atoms with van der Waals surface area (Å²) in [5, 5.41) is 4.90. The number of aromatic nitrogens is 3. The molecule has 0 bridgehead atoms. The average Bonchev–Trinajstić information content (AvgIpc) is 3.57. The van der Waals surface area contributed by atoms with Crippen molar-refractivity contribution in [2.75, 3.05) is 7.11 Å². The Morgan fingerprint density at radius 2 is 1.73 bits per heavy atom. The molecule has 5 aromatic rings. The molecule has 6 rings (SSSR count). The number of carbonyl (C=O) groups excluding carboxylic acids is 1. The molecule has 222 valence electrons. The monoisotopic (exact) mass is 668 g/mol. The van der Waals surface area contributed by atoms with Gasteiger partial charge >= 0.3 is 5.97 Å². The summed E-state index contributed by atoms with van der Waals surface area (Å²) in [6.45, 7) is 5.37. The molecule has 2 aromatic heterocycles. The minimum Gasteiger partial charge on any atom is -0.497 e. The zero-order valence-corrected chi connectivity index (χ0v) is 26.9. The molecular formula is C34H29BrN4O4S. The van der Waals surface area contributed by atoms with Gasteiger partial charge < -0.3 is 9.47 Å². The molecule has 0 N–H and O–H groups in total. The molecule has 1 aliphatic rings. The maximum Gasteiger partial charge on any atom is 0.338 e. The quantitative estimate of drug-likeness (QED) is 0.204. The molecule has 0 amide bonds. The molecular weight excluding hydrogens is 640 g/mol. The first kappa shape index (κ1) is 29.5. The first-order valence-electron chi connectivity index (χ1n) is 14.0. The number of esters is 1. The number of hydrogen-bond donors (Lipinski definition) is 0. The van der Waals surface area contributed by atoms with Gasteiger partial charge in [0.25, 0.3) is 5.56 Å². The lowest BCUT2D eigenvalue weighted by Crippen LogP contribution is -2.40. The Bertz CT molecular complexity index is 2060. The molecule has 0 saturated heterocycles. The number of carbonyl (C=O) groups is 1. The van der Waals surface area contributed by atoms with E-state index >= 15 is 0 Å². The fraction of sp³-hybridized carbons (Fsp3) is 0.176. The van der Waals surface area contributed by atoms with Crippen LogP contribution in [-0.4, -0.2) is 33.5 Å². The van der Waals surface area contributed by atoms with Gasteiger partial charge in [0.05, 0.1) is 46.4 Å². The summed E-state index contributed by atoms with van der Waals surface area (Å²) in [7, 11) is 1.59. The van der Waals surface area contributed by atoms with Gasteiger partial charge in [0.2, 0.25) is 0 Å². The van der Waals surface area contributed by atoms with Crippen molar-refractivity contribution in [2.24, 2.45) is 4.99 Å². The highest BCUT2D eigenvalue weighted by Crippen LogP contribution is 2.32. The lowest BCUT2D eigenvalue weighted by Gasteiger charge is -2.25. The van der Waals surface area contributed by atoms with E-state index in [2.05, 4.69) is 15.9 Å². The Hall–Kier alpha value is -4.54. The molecule has 0 unspecified atom stereocenters. The van der Waals surface area contributed by atoms with Crippen molar-refractivity contribution < 1.29 is 14.3 Å². The van der Waals surface area contributed by atoms with Gasteiger partial charge in [-0.25, -0.2) is 14.5 Å². The van der Waals surface area contributed by atoms with E-state index in [0.717, 1.165) is 32.5 Å². The number of ether oxygens (including phenoxy) is 2. The molecule has 0 radical (unpaired) electrons. The highest BCUT2D eigenvalue weighted by atomic mass is 79.9. The summed E-state index contributed by atoms with van der Waals surface area (Å²) in [6, 6.07) is 24.3. The summed E-state index contributed by atoms with van der Waals surface area (Å²) in [5.41, 5.74) is 4.64. The lowest BCUT2D eigenvalue weighted by molar-refractivity contribution is -0.143. The van der Waals surface area contributed by atoms with Gasteiger partial charge in [-0.2, -0.15) is 5.10 Å². The van der Waals surface area contributed by atoms with Crippen LogP contribution in [0.1, 0.15) is 37.9 Å². The number of rotatable bonds is 7. The minimum absolute atomic E-state index is 0.258. The fourth-order valence-electron chi connectivity index (χ4n) is 5.14. The Kier molecular flexibility index (Phi) is 8.20. The second kappa shape index (κ2) is 12.2. The third-order valence-corrected chi connectivity index (χ3v) is 8.70. The number of fused-ring (bicyclic) bond motifs is 1. The predicted octanol–water partition coefficient (Wildman–Crippen LogP) is 5.81. The van der Waals surface area contributed by atoms with E-state index in [9.17, 15) is 9.59 Å². The maximum atomic E-state index is 14.2. The molecule has 0 aliphatic carbocycles. The number of thiazole rings is 1. The van der Waals surface area contributed by atoms with Crippen molar-refractivity contribution in [1.29, 1.82) is 0 Å². The van der Waals surface area contributed by atoms with Crippen LogP contribution in [0, 0.1) is 0 Å². The van der Waals surface area contributed by atoms with E-state index in [4.69, 9.17) is 19.6 Å². The molecule has 1 atom stereocenters. The Morgan fingerprint density at radius 3 is 2.39 bits per heavy atom. The number of benzene rings is 3. The fourth-order valence-corrected chi connectivity index (χ4v) is 6.44. The van der Waals surface area contributed by atoms with Crippen LogP contribution in [0.25, 0.3) is 23.0 Å². The third kappa shape index (κ3) is 5.70. The zero-order chi connectivity index (χ0) is 31.0. The summed E-state index contributed by atoms with van der Waals surface area (Å²) >= 11 is 4.79. The largest absolute Gasteiger partial charge is 0.497 e. The molecule has 1 aliphatic heterocycles. The van der Waals surface area contributed by atoms with Crippen molar-refractivity contribution in [2.45, 2.75) is 32.9 Å². The highest BCUT2D eigenvalue weighted by Gasteiger charge is 2.34. The smallest absolute Gasteiger partial charge is 0.338 e. The van der Waals surface area contributed by atoms with E-state index in [1.54, 1.807) is 32.4 Å². The van der Waals surface area contributed by atoms with Gasteiger partial charge in [-0.3, -0.25) is 9.36 Å². The van der Waals surface area contributed by atoms with Gasteiger partial charge in [0.15, 0.2) is 4.80 Å². The second-order valence-corrected chi connectivity index (χ2v) is 12.5. The van der Waals surface area contributed by atoms with Gasteiger partial charge in [0, 0.05) is 21.8 Å². The average molecular weight is 670 g/mol. The molecule has 0 fully saturated rings. The van der Waals surface area contributed by atoms with E-state index < -0.39 is 12.0 Å². The van der Waals surface area contributed by atoms with Crippen LogP contribution < -0.4 is 19.6 Å². The van der Waals surface area contributed by atoms with Gasteiger partial charge in [-0.1, -0.05) is 69.7 Å². The van der Waals surface area contributed by atoms with Crippen LogP contribution in [0.2, 0.25) is 0 Å². The molecule has 8 nitrogen and oxygen atoms in total. The first-order valence-corrected chi connectivity index (χ1v) is 15.6. The maximum absolute atomic E-state index is 14.2. The van der Waals surface area contributed by atoms with Crippen molar-refractivity contribution in [3.8, 4) is 22.7 Å². The van der Waals surface area contributed by atoms with Gasteiger partial charge in [0.1, 0.15) is 5.75 Å². The van der Waals surface area contributed by atoms with Crippen molar-refractivity contribution in [3.63, 3.8) is 0 Å². The predicted molar refractivity (Wildman–Crippen MR) is 175 cm³/mol. The zero-order valence-electron chi connectivity index (χ0n) is 24.5. The van der Waals surface area contributed by atoms with E-state index in [1.165, 1.54) is 11.3 Å². The molecule has 44 heavy (non-hydrogen) atoms. The molecule has 3 heterocycles. The number of halogens is 1. The summed E-state index contributed by atoms with van der Waals surface area (Å²) in [6.07, 6.45) is 3.44. The Morgan fingerprint density at radius 1 is 1.02 bits per heavy atom. The van der Waals surface area contributed by atoms with Crippen molar-refractivity contribution >= 4 is 39.3 Å². The van der Waals surface area contributed by atoms with Crippen molar-refractivity contribution in [1.82, 2.24) is 14.3 Å².